The van der Waals surface area contributed by atoms with Crippen molar-refractivity contribution in [2.45, 2.75) is 87.0 Å². The molecule has 0 bridgehead atoms. The summed E-state index contributed by atoms with van der Waals surface area (Å²) in [5, 5.41) is 0. The smallest absolute Gasteiger partial charge is 0.0325 e. The van der Waals surface area contributed by atoms with Crippen LogP contribution in [0.3, 0.4) is 0 Å². The van der Waals surface area contributed by atoms with Gasteiger partial charge in [-0.15, -0.1) is 12.8 Å². The molecule has 33 heavy (non-hydrogen) atoms. The molecule has 2 aliphatic rings. The van der Waals surface area contributed by atoms with Crippen LogP contribution in [0.1, 0.15) is 87.0 Å². The average molecular weight is 448 g/mol. The summed E-state index contributed by atoms with van der Waals surface area (Å²) in [6.07, 6.45) is 33.1. The standard InChI is InChI=1S/C23H35N.C7H12.C2H2/c1-6-13-21(22-14-9-10-15-23(22,4)5)18-20(7-2)19(3)24-16-11-8-12-17-24;1-4-6-7(3)5-2;1-2/h6,9,13-14,18H,3,7-8,10-12,15-17H2,1-2,4-5H3;4-6H,1-3H3;1-2H/b13-6-,20-18+,22-21+;6-4-,7-5-;. The molecule has 1 fully saturated rings. The Balaban J connectivity index is 0.000000973. The van der Waals surface area contributed by atoms with Gasteiger partial charge in [0.1, 0.15) is 0 Å². The van der Waals surface area contributed by atoms with E-state index in [9.17, 15) is 0 Å². The predicted octanol–water partition coefficient (Wildman–Crippen LogP) is 9.35. The maximum atomic E-state index is 4.44. The number of terminal acetylenes is 1. The molecule has 0 radical (unpaired) electrons. The van der Waals surface area contributed by atoms with E-state index in [2.05, 4.69) is 101 Å². The second kappa shape index (κ2) is 17.1. The lowest BCUT2D eigenvalue weighted by molar-refractivity contribution is 0.290. The summed E-state index contributed by atoms with van der Waals surface area (Å²) in [5.41, 5.74) is 7.00. The van der Waals surface area contributed by atoms with E-state index in [-0.39, 0.29) is 5.41 Å². The van der Waals surface area contributed by atoms with Crippen molar-refractivity contribution in [2.75, 3.05) is 13.1 Å². The average Bonchev–Trinajstić information content (AvgIpc) is 2.83. The largest absolute Gasteiger partial charge is 0.372 e. The Hall–Kier alpha value is -2.46. The van der Waals surface area contributed by atoms with Crippen LogP contribution < -0.4 is 0 Å². The fraction of sp³-hybridized carbons (Fsp3) is 0.500. The highest BCUT2D eigenvalue weighted by atomic mass is 15.1. The van der Waals surface area contributed by atoms with Gasteiger partial charge in [-0.1, -0.05) is 75.5 Å². The van der Waals surface area contributed by atoms with Crippen LogP contribution in [0.4, 0.5) is 0 Å². The Kier molecular flexibility index (Phi) is 15.8. The van der Waals surface area contributed by atoms with Gasteiger partial charge in [-0.3, -0.25) is 0 Å². The first-order valence-electron chi connectivity index (χ1n) is 12.6. The molecule has 1 aliphatic heterocycles. The van der Waals surface area contributed by atoms with E-state index < -0.39 is 0 Å². The molecular formula is C32H49N. The first-order valence-corrected chi connectivity index (χ1v) is 12.6. The Morgan fingerprint density at radius 2 is 1.67 bits per heavy atom. The Morgan fingerprint density at radius 3 is 2.12 bits per heavy atom. The molecule has 0 spiro atoms. The van der Waals surface area contributed by atoms with E-state index in [1.54, 1.807) is 0 Å². The summed E-state index contributed by atoms with van der Waals surface area (Å²) >= 11 is 0. The fourth-order valence-corrected chi connectivity index (χ4v) is 4.19. The minimum atomic E-state index is 0.241. The van der Waals surface area contributed by atoms with Crippen molar-refractivity contribution in [1.29, 1.82) is 0 Å². The van der Waals surface area contributed by atoms with Crippen LogP contribution in [0, 0.1) is 18.3 Å². The molecule has 1 nitrogen and oxygen atoms in total. The van der Waals surface area contributed by atoms with Crippen LogP contribution in [0.15, 0.2) is 83.2 Å². The van der Waals surface area contributed by atoms with Gasteiger partial charge in [0.15, 0.2) is 0 Å². The van der Waals surface area contributed by atoms with Gasteiger partial charge in [-0.25, -0.2) is 0 Å². The van der Waals surface area contributed by atoms with Gasteiger partial charge in [-0.05, 0) is 94.4 Å². The Labute approximate surface area is 206 Å². The minimum absolute atomic E-state index is 0.241. The second-order valence-corrected chi connectivity index (χ2v) is 9.24. The highest BCUT2D eigenvalue weighted by Gasteiger charge is 2.25. The summed E-state index contributed by atoms with van der Waals surface area (Å²) in [6.45, 7) is 22.0. The predicted molar refractivity (Wildman–Crippen MR) is 151 cm³/mol. The first kappa shape index (κ1) is 30.5. The maximum absolute atomic E-state index is 4.44. The molecule has 0 amide bonds. The fourth-order valence-electron chi connectivity index (χ4n) is 4.19. The molecule has 1 saturated heterocycles. The lowest BCUT2D eigenvalue weighted by Crippen LogP contribution is -2.29. The highest BCUT2D eigenvalue weighted by Crippen LogP contribution is 2.39. The van der Waals surface area contributed by atoms with Crippen LogP contribution in [0.2, 0.25) is 0 Å². The SMILES string of the molecule is C#C.C/C=C\C(C)=C/C.C=C(/C(=C/C(/C=C\C)=C1\C=CCCC1(C)C)CC)N1CCCCC1. The lowest BCUT2D eigenvalue weighted by Gasteiger charge is -2.33. The molecule has 1 heteroatoms. The number of hydrogen-bond acceptors (Lipinski definition) is 1. The zero-order valence-corrected chi connectivity index (χ0v) is 22.6. The molecule has 182 valence electrons. The van der Waals surface area contributed by atoms with Gasteiger partial charge in [0.2, 0.25) is 0 Å². The summed E-state index contributed by atoms with van der Waals surface area (Å²) in [7, 11) is 0. The van der Waals surface area contributed by atoms with E-state index >= 15 is 0 Å². The zero-order chi connectivity index (χ0) is 25.3. The van der Waals surface area contributed by atoms with Crippen LogP contribution in [-0.4, -0.2) is 18.0 Å². The second-order valence-electron chi connectivity index (χ2n) is 9.24. The van der Waals surface area contributed by atoms with E-state index in [1.807, 2.05) is 19.9 Å². The van der Waals surface area contributed by atoms with Crippen molar-refractivity contribution >= 4 is 0 Å². The third-order valence-electron chi connectivity index (χ3n) is 6.31. The van der Waals surface area contributed by atoms with Crippen LogP contribution in [0.25, 0.3) is 0 Å². The molecule has 1 heterocycles. The van der Waals surface area contributed by atoms with E-state index in [0.29, 0.717) is 0 Å². The Bertz CT molecular complexity index is 784. The van der Waals surface area contributed by atoms with Crippen LogP contribution in [-0.2, 0) is 0 Å². The monoisotopic (exact) mass is 447 g/mol. The molecule has 0 aromatic rings. The molecule has 0 aromatic heterocycles. The van der Waals surface area contributed by atoms with Crippen LogP contribution >= 0.6 is 0 Å². The van der Waals surface area contributed by atoms with Gasteiger partial charge < -0.3 is 4.90 Å². The molecule has 1 aliphatic carbocycles. The Morgan fingerprint density at radius 1 is 1.06 bits per heavy atom. The van der Waals surface area contributed by atoms with E-state index in [4.69, 9.17) is 0 Å². The maximum Gasteiger partial charge on any atom is 0.0325 e. The molecule has 0 N–H and O–H groups in total. The molecule has 0 saturated carbocycles. The van der Waals surface area contributed by atoms with Crippen LogP contribution in [0.5, 0.6) is 0 Å². The van der Waals surface area contributed by atoms with Crippen molar-refractivity contribution in [2.24, 2.45) is 5.41 Å². The first-order chi connectivity index (χ1) is 15.8. The van der Waals surface area contributed by atoms with Crippen molar-refractivity contribution in [3.05, 3.63) is 83.2 Å². The van der Waals surface area contributed by atoms with Gasteiger partial charge in [0.05, 0.1) is 0 Å². The van der Waals surface area contributed by atoms with Gasteiger partial charge in [0, 0.05) is 18.8 Å². The van der Waals surface area contributed by atoms with Crippen molar-refractivity contribution in [3.8, 4) is 12.8 Å². The number of likely N-dealkylation sites (tertiary alicyclic amines) is 1. The van der Waals surface area contributed by atoms with Crippen molar-refractivity contribution in [1.82, 2.24) is 4.90 Å². The molecule has 0 unspecified atom stereocenters. The quantitative estimate of drug-likeness (QED) is 0.289. The normalized spacial score (nSPS) is 20.1. The van der Waals surface area contributed by atoms with Gasteiger partial charge >= 0.3 is 0 Å². The lowest BCUT2D eigenvalue weighted by atomic mass is 9.74. The third-order valence-corrected chi connectivity index (χ3v) is 6.31. The zero-order valence-electron chi connectivity index (χ0n) is 22.6. The van der Waals surface area contributed by atoms with E-state index in [1.165, 1.54) is 60.1 Å². The molecule has 0 atom stereocenters. The topological polar surface area (TPSA) is 3.24 Å². The molecular weight excluding hydrogens is 398 g/mol. The molecule has 0 aromatic carbocycles. The highest BCUT2D eigenvalue weighted by molar-refractivity contribution is 5.48. The summed E-state index contributed by atoms with van der Waals surface area (Å²) in [4.78, 5) is 2.48. The number of rotatable bonds is 6. The number of hydrogen-bond donors (Lipinski definition) is 0. The van der Waals surface area contributed by atoms with Crippen molar-refractivity contribution in [3.63, 3.8) is 0 Å². The van der Waals surface area contributed by atoms with Gasteiger partial charge in [0.25, 0.3) is 0 Å². The summed E-state index contributed by atoms with van der Waals surface area (Å²) in [6, 6.07) is 0. The van der Waals surface area contributed by atoms with Crippen molar-refractivity contribution < 1.29 is 0 Å². The third kappa shape index (κ3) is 10.8. The number of allylic oxidation sites excluding steroid dienone is 12. The van der Waals surface area contributed by atoms with E-state index in [0.717, 1.165) is 19.5 Å². The number of nitrogens with zero attached hydrogens (tertiary/aromatic N) is 1. The summed E-state index contributed by atoms with van der Waals surface area (Å²) < 4.78 is 0. The number of piperidine rings is 1. The molecule has 2 rings (SSSR count). The van der Waals surface area contributed by atoms with Gasteiger partial charge in [-0.2, -0.15) is 0 Å². The minimum Gasteiger partial charge on any atom is -0.372 e. The summed E-state index contributed by atoms with van der Waals surface area (Å²) in [5.74, 6) is 0.